The van der Waals surface area contributed by atoms with Crippen LogP contribution in [0.3, 0.4) is 0 Å². The second-order valence-electron chi connectivity index (χ2n) is 7.58. The van der Waals surface area contributed by atoms with Gasteiger partial charge in [-0.15, -0.1) is 0 Å². The van der Waals surface area contributed by atoms with Gasteiger partial charge in [0.1, 0.15) is 6.10 Å². The van der Waals surface area contributed by atoms with E-state index in [4.69, 9.17) is 10.5 Å². The standard InChI is InChI=1S/C18H25NO2/c1-11-9-12(5-6-14(11)19)16(20)21-15-10-13-7-8-18(15,4)17(13,2)3/h5-6,9,13,15H,7-8,10,19H2,1-4H3/t13-,15-,18+/m1/s1. The number of carbonyl (C=O) groups is 1. The molecule has 0 amide bonds. The van der Waals surface area contributed by atoms with Gasteiger partial charge in [-0.05, 0) is 61.3 Å². The molecule has 3 atom stereocenters. The predicted molar refractivity (Wildman–Crippen MR) is 84.0 cm³/mol. The molecule has 2 N–H and O–H groups in total. The van der Waals surface area contributed by atoms with Gasteiger partial charge in [0.15, 0.2) is 0 Å². The third-order valence-corrected chi connectivity index (χ3v) is 6.47. The van der Waals surface area contributed by atoms with Crippen LogP contribution < -0.4 is 5.73 Å². The minimum atomic E-state index is -0.215. The Bertz CT molecular complexity index is 593. The smallest absolute Gasteiger partial charge is 0.338 e. The SMILES string of the molecule is Cc1cc(C(=O)O[C@@H]2C[C@H]3CC[C@]2(C)C3(C)C)ccc1N. The Morgan fingerprint density at radius 1 is 1.33 bits per heavy atom. The van der Waals surface area contributed by atoms with Crippen molar-refractivity contribution in [3.05, 3.63) is 29.3 Å². The number of hydrogen-bond donors (Lipinski definition) is 1. The van der Waals surface area contributed by atoms with Crippen LogP contribution in [0.4, 0.5) is 5.69 Å². The Kier molecular flexibility index (Phi) is 3.09. The number of rotatable bonds is 2. The molecule has 114 valence electrons. The molecular weight excluding hydrogens is 262 g/mol. The van der Waals surface area contributed by atoms with Crippen LogP contribution in [0, 0.1) is 23.7 Å². The molecule has 1 aromatic carbocycles. The number of fused-ring (bicyclic) bond motifs is 2. The molecule has 2 bridgehead atoms. The summed E-state index contributed by atoms with van der Waals surface area (Å²) >= 11 is 0. The fraction of sp³-hybridized carbons (Fsp3) is 0.611. The Morgan fingerprint density at radius 3 is 2.57 bits per heavy atom. The van der Waals surface area contributed by atoms with Gasteiger partial charge in [0, 0.05) is 11.1 Å². The highest BCUT2D eigenvalue weighted by atomic mass is 16.5. The summed E-state index contributed by atoms with van der Waals surface area (Å²) in [5.41, 5.74) is 8.40. The van der Waals surface area contributed by atoms with Crippen LogP contribution in [0.2, 0.25) is 0 Å². The van der Waals surface area contributed by atoms with E-state index in [1.54, 1.807) is 12.1 Å². The van der Waals surface area contributed by atoms with Crippen LogP contribution in [0.1, 0.15) is 56.0 Å². The predicted octanol–water partition coefficient (Wildman–Crippen LogP) is 3.95. The van der Waals surface area contributed by atoms with E-state index in [1.165, 1.54) is 6.42 Å². The molecule has 2 aliphatic carbocycles. The highest BCUT2D eigenvalue weighted by Gasteiger charge is 2.62. The maximum Gasteiger partial charge on any atom is 0.338 e. The van der Waals surface area contributed by atoms with Gasteiger partial charge in [-0.1, -0.05) is 20.8 Å². The molecule has 2 saturated carbocycles. The first kappa shape index (κ1) is 14.4. The van der Waals surface area contributed by atoms with Crippen molar-refractivity contribution >= 4 is 11.7 Å². The number of anilines is 1. The van der Waals surface area contributed by atoms with E-state index >= 15 is 0 Å². The zero-order valence-electron chi connectivity index (χ0n) is 13.4. The number of nitrogen functional groups attached to an aromatic ring is 1. The van der Waals surface area contributed by atoms with Gasteiger partial charge >= 0.3 is 5.97 Å². The van der Waals surface area contributed by atoms with Crippen molar-refractivity contribution in [1.82, 2.24) is 0 Å². The number of hydrogen-bond acceptors (Lipinski definition) is 3. The third kappa shape index (κ3) is 1.97. The first-order valence-electron chi connectivity index (χ1n) is 7.83. The van der Waals surface area contributed by atoms with Gasteiger partial charge in [0.2, 0.25) is 0 Å². The Hall–Kier alpha value is -1.51. The summed E-state index contributed by atoms with van der Waals surface area (Å²) in [6.45, 7) is 8.85. The minimum absolute atomic E-state index is 0.0385. The van der Waals surface area contributed by atoms with Gasteiger partial charge in [0.05, 0.1) is 5.56 Å². The second-order valence-corrected chi connectivity index (χ2v) is 7.58. The molecule has 0 radical (unpaired) electrons. The van der Waals surface area contributed by atoms with Crippen LogP contribution in [0.5, 0.6) is 0 Å². The zero-order chi connectivity index (χ0) is 15.4. The molecule has 0 aliphatic heterocycles. The fourth-order valence-electron chi connectivity index (χ4n) is 4.31. The highest BCUT2D eigenvalue weighted by Crippen LogP contribution is 2.66. The number of carbonyl (C=O) groups excluding carboxylic acids is 1. The summed E-state index contributed by atoms with van der Waals surface area (Å²) in [7, 11) is 0. The summed E-state index contributed by atoms with van der Waals surface area (Å²) in [6.07, 6.45) is 3.46. The molecule has 0 aromatic heterocycles. The summed E-state index contributed by atoms with van der Waals surface area (Å²) in [5, 5.41) is 0. The third-order valence-electron chi connectivity index (χ3n) is 6.47. The lowest BCUT2D eigenvalue weighted by atomic mass is 9.70. The van der Waals surface area contributed by atoms with Crippen LogP contribution in [-0.2, 0) is 4.74 Å². The molecular formula is C18H25NO2. The van der Waals surface area contributed by atoms with Gasteiger partial charge in [-0.25, -0.2) is 4.79 Å². The maximum atomic E-state index is 12.4. The average molecular weight is 287 g/mol. The molecule has 2 aliphatic rings. The number of ether oxygens (including phenoxy) is 1. The monoisotopic (exact) mass is 287 g/mol. The Morgan fingerprint density at radius 2 is 2.05 bits per heavy atom. The first-order valence-corrected chi connectivity index (χ1v) is 7.83. The zero-order valence-corrected chi connectivity index (χ0v) is 13.4. The molecule has 0 heterocycles. The van der Waals surface area contributed by atoms with Crippen molar-refractivity contribution in [2.75, 3.05) is 5.73 Å². The summed E-state index contributed by atoms with van der Waals surface area (Å²) in [5.74, 6) is 0.459. The van der Waals surface area contributed by atoms with E-state index in [9.17, 15) is 4.79 Å². The fourth-order valence-corrected chi connectivity index (χ4v) is 4.31. The van der Waals surface area contributed by atoms with E-state index < -0.39 is 0 Å². The topological polar surface area (TPSA) is 52.3 Å². The van der Waals surface area contributed by atoms with E-state index in [2.05, 4.69) is 20.8 Å². The van der Waals surface area contributed by atoms with Gasteiger partial charge in [-0.2, -0.15) is 0 Å². The van der Waals surface area contributed by atoms with Crippen LogP contribution in [0.25, 0.3) is 0 Å². The molecule has 1 aromatic rings. The minimum Gasteiger partial charge on any atom is -0.458 e. The average Bonchev–Trinajstić information content (AvgIpc) is 2.75. The van der Waals surface area contributed by atoms with E-state index in [1.807, 2.05) is 13.0 Å². The van der Waals surface area contributed by atoms with Gasteiger partial charge in [-0.3, -0.25) is 0 Å². The molecule has 3 nitrogen and oxygen atoms in total. The van der Waals surface area contributed by atoms with Crippen molar-refractivity contribution in [3.63, 3.8) is 0 Å². The highest BCUT2D eigenvalue weighted by molar-refractivity contribution is 5.90. The molecule has 2 fully saturated rings. The van der Waals surface area contributed by atoms with Crippen molar-refractivity contribution in [2.45, 2.75) is 53.1 Å². The lowest BCUT2D eigenvalue weighted by Crippen LogP contribution is -2.38. The number of aryl methyl sites for hydroxylation is 1. The Labute approximate surface area is 126 Å². The molecule has 0 unspecified atom stereocenters. The first-order chi connectivity index (χ1) is 9.75. The lowest BCUT2D eigenvalue weighted by Gasteiger charge is -2.38. The van der Waals surface area contributed by atoms with Crippen LogP contribution >= 0.6 is 0 Å². The number of benzene rings is 1. The molecule has 0 spiro atoms. The molecule has 3 rings (SSSR count). The van der Waals surface area contributed by atoms with Crippen LogP contribution in [-0.4, -0.2) is 12.1 Å². The molecule has 0 saturated heterocycles. The van der Waals surface area contributed by atoms with Crippen molar-refractivity contribution in [2.24, 2.45) is 16.7 Å². The van der Waals surface area contributed by atoms with Gasteiger partial charge in [0.25, 0.3) is 0 Å². The molecule has 21 heavy (non-hydrogen) atoms. The van der Waals surface area contributed by atoms with Gasteiger partial charge < -0.3 is 10.5 Å². The van der Waals surface area contributed by atoms with Crippen molar-refractivity contribution in [1.29, 1.82) is 0 Å². The second kappa shape index (κ2) is 4.49. The summed E-state index contributed by atoms with van der Waals surface area (Å²) in [4.78, 5) is 12.4. The number of nitrogens with two attached hydrogens (primary N) is 1. The largest absolute Gasteiger partial charge is 0.458 e. The number of esters is 1. The summed E-state index contributed by atoms with van der Waals surface area (Å²) in [6, 6.07) is 5.35. The normalized spacial score (nSPS) is 33.1. The van der Waals surface area contributed by atoms with E-state index in [-0.39, 0.29) is 22.9 Å². The van der Waals surface area contributed by atoms with E-state index in [0.717, 1.165) is 18.4 Å². The Balaban J connectivity index is 1.79. The van der Waals surface area contributed by atoms with Crippen LogP contribution in [0.15, 0.2) is 18.2 Å². The maximum absolute atomic E-state index is 12.4. The summed E-state index contributed by atoms with van der Waals surface area (Å²) < 4.78 is 5.89. The molecule has 3 heteroatoms. The van der Waals surface area contributed by atoms with E-state index in [0.29, 0.717) is 17.2 Å². The van der Waals surface area contributed by atoms with Crippen molar-refractivity contribution < 1.29 is 9.53 Å². The van der Waals surface area contributed by atoms with Crippen molar-refractivity contribution in [3.8, 4) is 0 Å². The lowest BCUT2D eigenvalue weighted by molar-refractivity contribution is -0.0242. The quantitative estimate of drug-likeness (QED) is 0.662.